The van der Waals surface area contributed by atoms with Gasteiger partial charge in [0.1, 0.15) is 10.6 Å². The number of nitrogens with zero attached hydrogens (tertiary/aromatic N) is 2. The van der Waals surface area contributed by atoms with E-state index in [0.717, 1.165) is 11.3 Å². The Balaban J connectivity index is 1.92. The Bertz CT molecular complexity index is 948. The minimum atomic E-state index is -4.04. The summed E-state index contributed by atoms with van der Waals surface area (Å²) in [5.74, 6) is 6.64. The van der Waals surface area contributed by atoms with Gasteiger partial charge in [-0.2, -0.15) is 8.42 Å². The first-order valence-electron chi connectivity index (χ1n) is 8.38. The Morgan fingerprint density at radius 1 is 1.00 bits per heavy atom. The van der Waals surface area contributed by atoms with Crippen molar-refractivity contribution in [2.45, 2.75) is 32.0 Å². The molecular weight excluding hydrogens is 366 g/mol. The summed E-state index contributed by atoms with van der Waals surface area (Å²) >= 11 is 0. The molecule has 3 rings (SSSR count). The number of nitrogens with two attached hydrogens (primary N) is 1. The van der Waals surface area contributed by atoms with Crippen LogP contribution in [0.5, 0.6) is 5.75 Å². The molecule has 7 nitrogen and oxygen atoms in total. The van der Waals surface area contributed by atoms with Crippen molar-refractivity contribution in [3.8, 4) is 5.75 Å². The van der Waals surface area contributed by atoms with Crippen molar-refractivity contribution in [1.29, 1.82) is 0 Å². The molecule has 1 aliphatic rings. The molecule has 2 aromatic carbocycles. The standard InChI is InChI=1S/C19H23N3O4S/c1-13-11-14(2)18(15(3)12-13)27(23,24)26-19-21(9-10-22(19)20)16-5-7-17(25-4)8-6-16/h5-12,19H,20H2,1-4H3. The molecule has 1 unspecified atom stereocenters. The molecule has 0 aliphatic carbocycles. The first-order valence-corrected chi connectivity index (χ1v) is 9.78. The topological polar surface area (TPSA) is 85.1 Å². The van der Waals surface area contributed by atoms with Crippen molar-refractivity contribution in [2.24, 2.45) is 5.84 Å². The van der Waals surface area contributed by atoms with Crippen LogP contribution < -0.4 is 15.5 Å². The van der Waals surface area contributed by atoms with E-state index in [1.807, 2.05) is 19.1 Å². The van der Waals surface area contributed by atoms with Gasteiger partial charge >= 0.3 is 10.1 Å². The van der Waals surface area contributed by atoms with E-state index < -0.39 is 16.5 Å². The van der Waals surface area contributed by atoms with E-state index in [4.69, 9.17) is 14.8 Å². The van der Waals surface area contributed by atoms with Crippen LogP contribution in [0.2, 0.25) is 0 Å². The Kier molecular flexibility index (Phi) is 5.14. The van der Waals surface area contributed by atoms with Crippen molar-refractivity contribution in [1.82, 2.24) is 5.01 Å². The highest BCUT2D eigenvalue weighted by molar-refractivity contribution is 7.86. The largest absolute Gasteiger partial charge is 0.497 e. The van der Waals surface area contributed by atoms with Gasteiger partial charge in [0.05, 0.1) is 7.11 Å². The number of methoxy groups -OCH3 is 1. The van der Waals surface area contributed by atoms with Crippen LogP contribution in [-0.2, 0) is 14.3 Å². The highest BCUT2D eigenvalue weighted by Crippen LogP contribution is 2.30. The van der Waals surface area contributed by atoms with Gasteiger partial charge in [-0.3, -0.25) is 5.01 Å². The minimum Gasteiger partial charge on any atom is -0.497 e. The highest BCUT2D eigenvalue weighted by atomic mass is 32.2. The molecular formula is C19H23N3O4S. The molecule has 2 N–H and O–H groups in total. The smallest absolute Gasteiger partial charge is 0.301 e. The number of anilines is 1. The van der Waals surface area contributed by atoms with Crippen LogP contribution in [0, 0.1) is 20.8 Å². The fraction of sp³-hybridized carbons (Fsp3) is 0.263. The van der Waals surface area contributed by atoms with Crippen LogP contribution in [0.4, 0.5) is 5.69 Å². The average Bonchev–Trinajstić information content (AvgIpc) is 2.94. The number of rotatable bonds is 5. The Hall–Kier alpha value is -2.55. The third-order valence-corrected chi connectivity index (χ3v) is 5.90. The second-order valence-electron chi connectivity index (χ2n) is 6.46. The minimum absolute atomic E-state index is 0.170. The second kappa shape index (κ2) is 7.22. The summed E-state index contributed by atoms with van der Waals surface area (Å²) in [5.41, 5.74) is 2.99. The number of aryl methyl sites for hydroxylation is 3. The summed E-state index contributed by atoms with van der Waals surface area (Å²) in [4.78, 5) is 1.80. The molecule has 27 heavy (non-hydrogen) atoms. The molecule has 144 valence electrons. The van der Waals surface area contributed by atoms with Crippen molar-refractivity contribution in [2.75, 3.05) is 12.0 Å². The van der Waals surface area contributed by atoms with Crippen LogP contribution in [0.15, 0.2) is 53.7 Å². The number of benzene rings is 2. The molecule has 0 fully saturated rings. The SMILES string of the molecule is COc1ccc(N2C=CN(N)C2OS(=O)(=O)c2c(C)cc(C)cc2C)cc1. The molecule has 0 aromatic heterocycles. The Morgan fingerprint density at radius 2 is 1.59 bits per heavy atom. The number of hydrogen-bond donors (Lipinski definition) is 1. The van der Waals surface area contributed by atoms with Crippen LogP contribution in [0.25, 0.3) is 0 Å². The lowest BCUT2D eigenvalue weighted by molar-refractivity contribution is 0.0855. The lowest BCUT2D eigenvalue weighted by Crippen LogP contribution is -2.45. The maximum atomic E-state index is 13.0. The zero-order chi connectivity index (χ0) is 19.8. The van der Waals surface area contributed by atoms with E-state index in [1.165, 1.54) is 5.01 Å². The van der Waals surface area contributed by atoms with Crippen molar-refractivity contribution < 1.29 is 17.3 Å². The lowest BCUT2D eigenvalue weighted by Gasteiger charge is -2.29. The third-order valence-electron chi connectivity index (χ3n) is 4.33. The first kappa shape index (κ1) is 19.2. The van der Waals surface area contributed by atoms with Crippen molar-refractivity contribution in [3.63, 3.8) is 0 Å². The van der Waals surface area contributed by atoms with Crippen LogP contribution in [-0.4, -0.2) is 26.9 Å². The number of ether oxygens (including phenoxy) is 1. The Morgan fingerprint density at radius 3 is 2.15 bits per heavy atom. The van der Waals surface area contributed by atoms with E-state index in [1.54, 1.807) is 62.5 Å². The summed E-state index contributed by atoms with van der Waals surface area (Å²) < 4.78 is 36.7. The van der Waals surface area contributed by atoms with Gasteiger partial charge in [0, 0.05) is 18.1 Å². The molecule has 0 spiro atoms. The Labute approximate surface area is 159 Å². The molecule has 0 amide bonds. The van der Waals surface area contributed by atoms with Gasteiger partial charge < -0.3 is 9.64 Å². The molecule has 0 bridgehead atoms. The first-order chi connectivity index (χ1) is 12.7. The molecule has 1 atom stereocenters. The summed E-state index contributed by atoms with van der Waals surface area (Å²) in [7, 11) is -2.46. The van der Waals surface area contributed by atoms with Crippen molar-refractivity contribution in [3.05, 3.63) is 65.5 Å². The van der Waals surface area contributed by atoms with E-state index in [-0.39, 0.29) is 4.90 Å². The molecule has 8 heteroatoms. The van der Waals surface area contributed by atoms with Crippen LogP contribution >= 0.6 is 0 Å². The summed E-state index contributed by atoms with van der Waals surface area (Å²) in [6.45, 7) is 5.43. The summed E-state index contributed by atoms with van der Waals surface area (Å²) in [6.07, 6.45) is 2.19. The average molecular weight is 389 g/mol. The predicted octanol–water partition coefficient (Wildman–Crippen LogP) is 2.78. The van der Waals surface area contributed by atoms with Gasteiger partial charge in [0.15, 0.2) is 0 Å². The summed E-state index contributed by atoms with van der Waals surface area (Å²) in [5, 5.41) is 1.21. The van der Waals surface area contributed by atoms with E-state index >= 15 is 0 Å². The van der Waals surface area contributed by atoms with E-state index in [9.17, 15) is 8.42 Å². The van der Waals surface area contributed by atoms with E-state index in [0.29, 0.717) is 16.9 Å². The van der Waals surface area contributed by atoms with Crippen molar-refractivity contribution >= 4 is 15.8 Å². The van der Waals surface area contributed by atoms with Gasteiger partial charge in [-0.1, -0.05) is 17.7 Å². The monoisotopic (exact) mass is 389 g/mol. The summed E-state index contributed by atoms with van der Waals surface area (Å²) in [6, 6.07) is 10.8. The molecule has 0 radical (unpaired) electrons. The number of hydrazine groups is 1. The predicted molar refractivity (Wildman–Crippen MR) is 103 cm³/mol. The maximum Gasteiger partial charge on any atom is 0.301 e. The van der Waals surface area contributed by atoms with E-state index in [2.05, 4.69) is 0 Å². The molecule has 0 saturated heterocycles. The number of hydrogen-bond acceptors (Lipinski definition) is 7. The zero-order valence-corrected chi connectivity index (χ0v) is 16.5. The van der Waals surface area contributed by atoms with Gasteiger partial charge in [-0.25, -0.2) is 10.0 Å². The zero-order valence-electron chi connectivity index (χ0n) is 15.7. The van der Waals surface area contributed by atoms with Gasteiger partial charge in [-0.15, -0.1) is 0 Å². The highest BCUT2D eigenvalue weighted by Gasteiger charge is 2.34. The molecule has 1 aliphatic heterocycles. The molecule has 0 saturated carbocycles. The second-order valence-corrected chi connectivity index (χ2v) is 7.96. The van der Waals surface area contributed by atoms with Gasteiger partial charge in [0.25, 0.3) is 0 Å². The van der Waals surface area contributed by atoms with Gasteiger partial charge in [-0.05, 0) is 56.2 Å². The van der Waals surface area contributed by atoms with Gasteiger partial charge in [0.2, 0.25) is 6.35 Å². The normalized spacial score (nSPS) is 16.9. The van der Waals surface area contributed by atoms with Crippen LogP contribution in [0.3, 0.4) is 0 Å². The molecule has 1 heterocycles. The molecule has 2 aromatic rings. The van der Waals surface area contributed by atoms with Crippen LogP contribution in [0.1, 0.15) is 16.7 Å². The quantitative estimate of drug-likeness (QED) is 0.622. The fourth-order valence-corrected chi connectivity index (χ4v) is 4.65. The maximum absolute atomic E-state index is 13.0. The lowest BCUT2D eigenvalue weighted by atomic mass is 10.1. The fourth-order valence-electron chi connectivity index (χ4n) is 3.23. The third kappa shape index (κ3) is 3.78.